The number of rotatable bonds is 4. The molecule has 1 aromatic heterocycles. The highest BCUT2D eigenvalue weighted by molar-refractivity contribution is 5.83. The average molecular weight is 295 g/mol. The molecule has 2 fully saturated rings. The van der Waals surface area contributed by atoms with Crippen LogP contribution in [0.3, 0.4) is 0 Å². The molecule has 0 spiro atoms. The Bertz CT molecular complexity index is 635. The molecule has 1 aliphatic heterocycles. The molecule has 1 saturated heterocycles. The van der Waals surface area contributed by atoms with E-state index in [0.717, 1.165) is 38.0 Å². The van der Waals surface area contributed by atoms with E-state index in [2.05, 4.69) is 29.2 Å². The number of benzene rings is 1. The molecule has 3 nitrogen and oxygen atoms in total. The van der Waals surface area contributed by atoms with Gasteiger partial charge in [0.2, 0.25) is 5.91 Å². The Morgan fingerprint density at radius 1 is 1.18 bits per heavy atom. The minimum absolute atomic E-state index is 0.141. The van der Waals surface area contributed by atoms with Gasteiger partial charge in [0, 0.05) is 24.4 Å². The van der Waals surface area contributed by atoms with Crippen molar-refractivity contribution in [2.45, 2.75) is 37.6 Å². The van der Waals surface area contributed by atoms with Crippen LogP contribution in [0.25, 0.3) is 0 Å². The van der Waals surface area contributed by atoms with Gasteiger partial charge in [-0.2, -0.15) is 0 Å². The van der Waals surface area contributed by atoms with Crippen LogP contribution in [-0.4, -0.2) is 23.4 Å². The highest BCUT2D eigenvalue weighted by Gasteiger charge is 2.49. The monoisotopic (exact) mass is 295 g/mol. The standard InChI is InChI=1S/C19H21NO2/c21-19(17-13-16(17)18-9-5-11-22-18)20-10-4-8-15(20)12-14-6-2-1-3-7-14/h1-3,5-7,9,11,15-17H,4,8,10,12-13H2. The van der Waals surface area contributed by atoms with E-state index < -0.39 is 0 Å². The first-order chi connectivity index (χ1) is 10.8. The molecule has 22 heavy (non-hydrogen) atoms. The number of likely N-dealkylation sites (tertiary alicyclic amines) is 1. The molecule has 3 unspecified atom stereocenters. The smallest absolute Gasteiger partial charge is 0.226 e. The minimum atomic E-state index is 0.141. The van der Waals surface area contributed by atoms with Gasteiger partial charge in [-0.25, -0.2) is 0 Å². The number of carbonyl (C=O) groups is 1. The number of hydrogen-bond acceptors (Lipinski definition) is 2. The maximum atomic E-state index is 12.8. The summed E-state index contributed by atoms with van der Waals surface area (Å²) in [7, 11) is 0. The van der Waals surface area contributed by atoms with Crippen molar-refractivity contribution in [2.75, 3.05) is 6.54 Å². The summed E-state index contributed by atoms with van der Waals surface area (Å²) >= 11 is 0. The lowest BCUT2D eigenvalue weighted by Gasteiger charge is -2.25. The van der Waals surface area contributed by atoms with Gasteiger partial charge in [0.25, 0.3) is 0 Å². The lowest BCUT2D eigenvalue weighted by atomic mass is 10.0. The van der Waals surface area contributed by atoms with Gasteiger partial charge in [0.1, 0.15) is 5.76 Å². The zero-order valence-corrected chi connectivity index (χ0v) is 12.7. The van der Waals surface area contributed by atoms with E-state index in [-0.39, 0.29) is 5.92 Å². The molecular weight excluding hydrogens is 274 g/mol. The number of nitrogens with zero attached hydrogens (tertiary/aromatic N) is 1. The second-order valence-corrected chi connectivity index (χ2v) is 6.48. The van der Waals surface area contributed by atoms with E-state index in [9.17, 15) is 4.79 Å². The van der Waals surface area contributed by atoms with Crippen molar-refractivity contribution >= 4 is 5.91 Å². The lowest BCUT2D eigenvalue weighted by Crippen LogP contribution is -2.38. The Morgan fingerprint density at radius 3 is 2.82 bits per heavy atom. The average Bonchev–Trinajstić information content (AvgIpc) is 2.96. The maximum Gasteiger partial charge on any atom is 0.226 e. The van der Waals surface area contributed by atoms with Gasteiger partial charge in [-0.05, 0) is 43.4 Å². The Balaban J connectivity index is 1.42. The zero-order chi connectivity index (χ0) is 14.9. The van der Waals surface area contributed by atoms with E-state index in [1.54, 1.807) is 6.26 Å². The lowest BCUT2D eigenvalue weighted by molar-refractivity contribution is -0.133. The van der Waals surface area contributed by atoms with Gasteiger partial charge >= 0.3 is 0 Å². The van der Waals surface area contributed by atoms with E-state index in [1.165, 1.54) is 5.56 Å². The van der Waals surface area contributed by atoms with E-state index in [0.29, 0.717) is 17.9 Å². The molecule has 0 radical (unpaired) electrons. The van der Waals surface area contributed by atoms with Crippen LogP contribution in [0.15, 0.2) is 53.1 Å². The number of furan rings is 1. The summed E-state index contributed by atoms with van der Waals surface area (Å²) in [5.41, 5.74) is 1.32. The molecule has 1 aromatic carbocycles. The third-order valence-corrected chi connectivity index (χ3v) is 4.99. The number of hydrogen-bond donors (Lipinski definition) is 0. The molecule has 0 bridgehead atoms. The quantitative estimate of drug-likeness (QED) is 0.863. The minimum Gasteiger partial charge on any atom is -0.469 e. The molecule has 2 heterocycles. The van der Waals surface area contributed by atoms with Gasteiger partial charge in [-0.3, -0.25) is 4.79 Å². The zero-order valence-electron chi connectivity index (χ0n) is 12.7. The van der Waals surface area contributed by atoms with Crippen LogP contribution in [-0.2, 0) is 11.2 Å². The van der Waals surface area contributed by atoms with E-state index >= 15 is 0 Å². The van der Waals surface area contributed by atoms with Gasteiger partial charge in [-0.15, -0.1) is 0 Å². The molecule has 114 valence electrons. The predicted molar refractivity (Wildman–Crippen MR) is 84.4 cm³/mol. The third kappa shape index (κ3) is 2.56. The van der Waals surface area contributed by atoms with Crippen molar-refractivity contribution in [3.8, 4) is 0 Å². The highest BCUT2D eigenvalue weighted by Crippen LogP contribution is 2.49. The molecule has 1 aliphatic carbocycles. The van der Waals surface area contributed by atoms with E-state index in [1.807, 2.05) is 18.2 Å². The molecule has 1 amide bonds. The van der Waals surface area contributed by atoms with Crippen molar-refractivity contribution in [3.05, 3.63) is 60.1 Å². The molecule has 2 aliphatic rings. The van der Waals surface area contributed by atoms with Crippen LogP contribution in [0, 0.1) is 5.92 Å². The number of carbonyl (C=O) groups excluding carboxylic acids is 1. The molecule has 3 heteroatoms. The summed E-state index contributed by atoms with van der Waals surface area (Å²) in [5.74, 6) is 1.75. The van der Waals surface area contributed by atoms with Crippen molar-refractivity contribution in [3.63, 3.8) is 0 Å². The summed E-state index contributed by atoms with van der Waals surface area (Å²) in [6.45, 7) is 0.914. The van der Waals surface area contributed by atoms with Crippen LogP contribution in [0.2, 0.25) is 0 Å². The first-order valence-electron chi connectivity index (χ1n) is 8.21. The number of amides is 1. The van der Waals surface area contributed by atoms with Crippen LogP contribution >= 0.6 is 0 Å². The van der Waals surface area contributed by atoms with Gasteiger partial charge in [0.05, 0.1) is 6.26 Å². The molecule has 3 atom stereocenters. The molecule has 2 aromatic rings. The fraction of sp³-hybridized carbons (Fsp3) is 0.421. The summed E-state index contributed by atoms with van der Waals surface area (Å²) in [5, 5.41) is 0. The topological polar surface area (TPSA) is 33.5 Å². The van der Waals surface area contributed by atoms with E-state index in [4.69, 9.17) is 4.42 Å². The summed E-state index contributed by atoms with van der Waals surface area (Å²) in [4.78, 5) is 14.9. The van der Waals surface area contributed by atoms with Crippen molar-refractivity contribution in [2.24, 2.45) is 5.92 Å². The molecule has 0 N–H and O–H groups in total. The van der Waals surface area contributed by atoms with Crippen molar-refractivity contribution < 1.29 is 9.21 Å². The summed E-state index contributed by atoms with van der Waals surface area (Å²) < 4.78 is 5.45. The highest BCUT2D eigenvalue weighted by atomic mass is 16.3. The Labute approximate surface area is 130 Å². The summed E-state index contributed by atoms with van der Waals surface area (Å²) in [6, 6.07) is 14.8. The Hall–Kier alpha value is -2.03. The first-order valence-corrected chi connectivity index (χ1v) is 8.21. The van der Waals surface area contributed by atoms with Crippen LogP contribution in [0.5, 0.6) is 0 Å². The van der Waals surface area contributed by atoms with Crippen molar-refractivity contribution in [1.82, 2.24) is 4.90 Å². The van der Waals surface area contributed by atoms with Crippen molar-refractivity contribution in [1.29, 1.82) is 0 Å². The SMILES string of the molecule is O=C(C1CC1c1ccco1)N1CCCC1Cc1ccccc1. The summed E-state index contributed by atoms with van der Waals surface area (Å²) in [6.07, 6.45) is 5.87. The molecule has 4 rings (SSSR count). The maximum absolute atomic E-state index is 12.8. The van der Waals surface area contributed by atoms with Crippen LogP contribution in [0.1, 0.15) is 36.5 Å². The van der Waals surface area contributed by atoms with Crippen LogP contribution in [0.4, 0.5) is 0 Å². The Kier molecular flexibility index (Phi) is 3.49. The first kappa shape index (κ1) is 13.6. The second kappa shape index (κ2) is 5.64. The normalized spacial score (nSPS) is 27.1. The fourth-order valence-electron chi connectivity index (χ4n) is 3.72. The molecule has 1 saturated carbocycles. The van der Waals surface area contributed by atoms with Gasteiger partial charge in [-0.1, -0.05) is 30.3 Å². The van der Waals surface area contributed by atoms with Gasteiger partial charge < -0.3 is 9.32 Å². The van der Waals surface area contributed by atoms with Crippen LogP contribution < -0.4 is 0 Å². The van der Waals surface area contributed by atoms with Gasteiger partial charge in [0.15, 0.2) is 0 Å². The fourth-order valence-corrected chi connectivity index (χ4v) is 3.72. The largest absolute Gasteiger partial charge is 0.469 e. The molecular formula is C19H21NO2. The second-order valence-electron chi connectivity index (χ2n) is 6.48. The third-order valence-electron chi connectivity index (χ3n) is 4.99. The Morgan fingerprint density at radius 2 is 2.05 bits per heavy atom. The predicted octanol–water partition coefficient (Wildman–Crippen LogP) is 3.62.